The maximum atomic E-state index is 10.9. The molecule has 0 heterocycles. The maximum absolute atomic E-state index is 10.9. The lowest BCUT2D eigenvalue weighted by molar-refractivity contribution is 0.104. The maximum Gasteiger partial charge on any atom is 0.171 e. The van der Waals surface area contributed by atoms with E-state index in [0.717, 1.165) is 0 Å². The second-order valence-corrected chi connectivity index (χ2v) is 2.41. The minimum Gasteiger partial charge on any atom is -0.493 e. The van der Waals surface area contributed by atoms with E-state index in [1.165, 1.54) is 14.2 Å². The zero-order valence-electron chi connectivity index (χ0n) is 7.53. The molecule has 2 radical (unpaired) electrons. The largest absolute Gasteiger partial charge is 0.493 e. The van der Waals surface area contributed by atoms with Gasteiger partial charge in [0.1, 0.15) is 0 Å². The third-order valence-electron chi connectivity index (χ3n) is 1.67. The fourth-order valence-corrected chi connectivity index (χ4v) is 1.08. The van der Waals surface area contributed by atoms with E-state index in [1.54, 1.807) is 18.2 Å². The molecule has 0 aliphatic heterocycles. The predicted octanol–water partition coefficient (Wildman–Crippen LogP) is 1.60. The number of carbonyl (C=O) groups excluding carboxylic acids is 1. The molecular weight excluding hydrogens is 168 g/mol. The Kier molecular flexibility index (Phi) is 2.90. The molecule has 0 fully saturated rings. The van der Waals surface area contributed by atoms with Gasteiger partial charge in [0.25, 0.3) is 0 Å². The average Bonchev–Trinajstić information content (AvgIpc) is 2.16. The molecule has 3 heteroatoms. The Balaban J connectivity index is 3.27. The molecule has 13 heavy (non-hydrogen) atoms. The van der Waals surface area contributed by atoms with Crippen LogP contribution in [-0.4, -0.2) is 20.0 Å². The number of ether oxygens (including phenoxy) is 2. The van der Waals surface area contributed by atoms with Crippen molar-refractivity contribution in [3.8, 4) is 11.5 Å². The van der Waals surface area contributed by atoms with E-state index in [0.29, 0.717) is 17.1 Å². The van der Waals surface area contributed by atoms with Crippen molar-refractivity contribution in [3.05, 3.63) is 30.7 Å². The first kappa shape index (κ1) is 9.58. The molecule has 0 saturated heterocycles. The first-order valence-corrected chi connectivity index (χ1v) is 3.71. The van der Waals surface area contributed by atoms with Gasteiger partial charge in [0.15, 0.2) is 17.3 Å². The minimum atomic E-state index is -0.532. The summed E-state index contributed by atoms with van der Waals surface area (Å²) >= 11 is 0. The Morgan fingerprint density at radius 3 is 2.46 bits per heavy atom. The fraction of sp³-hybridized carbons (Fsp3) is 0.200. The number of rotatable bonds is 3. The highest BCUT2D eigenvalue weighted by Gasteiger charge is 2.12. The quantitative estimate of drug-likeness (QED) is 0.659. The summed E-state index contributed by atoms with van der Waals surface area (Å²) in [4.78, 5) is 10.9. The van der Waals surface area contributed by atoms with Crippen LogP contribution in [-0.2, 0) is 0 Å². The molecule has 0 bridgehead atoms. The van der Waals surface area contributed by atoms with Crippen molar-refractivity contribution in [2.24, 2.45) is 0 Å². The lowest BCUT2D eigenvalue weighted by Gasteiger charge is -2.09. The molecule has 0 aliphatic rings. The molecular formula is C10H10O3. The average molecular weight is 178 g/mol. The number of Topliss-reactive ketones (excluding diaryl/α,β-unsaturated/α-hetero) is 1. The van der Waals surface area contributed by atoms with Crippen molar-refractivity contribution >= 4 is 5.78 Å². The van der Waals surface area contributed by atoms with Crippen molar-refractivity contribution in [1.29, 1.82) is 0 Å². The SMILES string of the molecule is [CH]C(=O)c1cccc(OC)c1OC. The molecule has 0 aliphatic carbocycles. The van der Waals surface area contributed by atoms with Crippen LogP contribution in [0.4, 0.5) is 0 Å². The van der Waals surface area contributed by atoms with Crippen molar-refractivity contribution in [3.63, 3.8) is 0 Å². The molecule has 1 aromatic carbocycles. The van der Waals surface area contributed by atoms with Crippen LogP contribution in [0, 0.1) is 6.92 Å². The Hall–Kier alpha value is -1.51. The van der Waals surface area contributed by atoms with Gasteiger partial charge in [0.2, 0.25) is 0 Å². The highest BCUT2D eigenvalue weighted by atomic mass is 16.5. The van der Waals surface area contributed by atoms with Gasteiger partial charge in [-0.15, -0.1) is 0 Å². The van der Waals surface area contributed by atoms with Crippen LogP contribution in [0.1, 0.15) is 10.4 Å². The van der Waals surface area contributed by atoms with Gasteiger partial charge in [0.05, 0.1) is 19.8 Å². The van der Waals surface area contributed by atoms with Crippen molar-refractivity contribution in [1.82, 2.24) is 0 Å². The molecule has 0 N–H and O–H groups in total. The molecule has 0 aromatic heterocycles. The number of hydrogen-bond donors (Lipinski definition) is 0. The van der Waals surface area contributed by atoms with Gasteiger partial charge in [-0.3, -0.25) is 4.79 Å². The zero-order chi connectivity index (χ0) is 9.84. The van der Waals surface area contributed by atoms with E-state index < -0.39 is 5.78 Å². The van der Waals surface area contributed by atoms with Gasteiger partial charge in [-0.25, -0.2) is 0 Å². The zero-order valence-corrected chi connectivity index (χ0v) is 7.53. The normalized spacial score (nSPS) is 9.46. The summed E-state index contributed by atoms with van der Waals surface area (Å²) in [5.74, 6) is 0.340. The first-order valence-electron chi connectivity index (χ1n) is 3.71. The molecule has 0 atom stereocenters. The number of benzene rings is 1. The Morgan fingerprint density at radius 2 is 2.00 bits per heavy atom. The summed E-state index contributed by atoms with van der Waals surface area (Å²) in [6, 6.07) is 4.97. The van der Waals surface area contributed by atoms with Crippen molar-refractivity contribution < 1.29 is 14.3 Å². The van der Waals surface area contributed by atoms with E-state index in [1.807, 2.05) is 0 Å². The van der Waals surface area contributed by atoms with E-state index in [2.05, 4.69) is 0 Å². The van der Waals surface area contributed by atoms with E-state index in [-0.39, 0.29) is 0 Å². The van der Waals surface area contributed by atoms with Gasteiger partial charge in [0, 0.05) is 6.92 Å². The topological polar surface area (TPSA) is 35.5 Å². The third kappa shape index (κ3) is 1.80. The van der Waals surface area contributed by atoms with Crippen LogP contribution < -0.4 is 9.47 Å². The number of carbonyl (C=O) groups is 1. The molecule has 3 nitrogen and oxygen atoms in total. The van der Waals surface area contributed by atoms with E-state index in [9.17, 15) is 4.79 Å². The third-order valence-corrected chi connectivity index (χ3v) is 1.67. The molecule has 0 saturated carbocycles. The van der Waals surface area contributed by atoms with Gasteiger partial charge >= 0.3 is 0 Å². The van der Waals surface area contributed by atoms with Crippen LogP contribution in [0.25, 0.3) is 0 Å². The number of hydrogen-bond acceptors (Lipinski definition) is 3. The smallest absolute Gasteiger partial charge is 0.171 e. The van der Waals surface area contributed by atoms with Crippen LogP contribution in [0.2, 0.25) is 0 Å². The molecule has 1 rings (SSSR count). The fourth-order valence-electron chi connectivity index (χ4n) is 1.08. The lowest BCUT2D eigenvalue weighted by atomic mass is 10.1. The van der Waals surface area contributed by atoms with Gasteiger partial charge < -0.3 is 9.47 Å². The van der Waals surface area contributed by atoms with Crippen LogP contribution in [0.3, 0.4) is 0 Å². The predicted molar refractivity (Wildman–Crippen MR) is 48.2 cm³/mol. The van der Waals surface area contributed by atoms with Crippen LogP contribution >= 0.6 is 0 Å². The molecule has 0 spiro atoms. The Morgan fingerprint density at radius 1 is 1.31 bits per heavy atom. The van der Waals surface area contributed by atoms with Gasteiger partial charge in [-0.1, -0.05) is 6.07 Å². The van der Waals surface area contributed by atoms with Crippen molar-refractivity contribution in [2.45, 2.75) is 0 Å². The van der Waals surface area contributed by atoms with Crippen molar-refractivity contribution in [2.75, 3.05) is 14.2 Å². The monoisotopic (exact) mass is 178 g/mol. The molecule has 0 amide bonds. The van der Waals surface area contributed by atoms with E-state index >= 15 is 0 Å². The summed E-state index contributed by atoms with van der Waals surface area (Å²) in [5, 5.41) is 0. The molecule has 1 aromatic rings. The summed E-state index contributed by atoms with van der Waals surface area (Å²) in [6.07, 6.45) is 0. The first-order chi connectivity index (χ1) is 6.20. The highest BCUT2D eigenvalue weighted by Crippen LogP contribution is 2.30. The van der Waals surface area contributed by atoms with Gasteiger partial charge in [-0.2, -0.15) is 0 Å². The number of methoxy groups -OCH3 is 2. The van der Waals surface area contributed by atoms with Gasteiger partial charge in [-0.05, 0) is 12.1 Å². The summed E-state index contributed by atoms with van der Waals surface area (Å²) in [5.41, 5.74) is 0.321. The summed E-state index contributed by atoms with van der Waals surface area (Å²) in [7, 11) is 2.97. The molecule has 0 unspecified atom stereocenters. The highest BCUT2D eigenvalue weighted by molar-refractivity contribution is 6.02. The molecule has 68 valence electrons. The van der Waals surface area contributed by atoms with Crippen LogP contribution in [0.15, 0.2) is 18.2 Å². The number of ketones is 1. The Labute approximate surface area is 77.3 Å². The van der Waals surface area contributed by atoms with E-state index in [4.69, 9.17) is 16.4 Å². The number of para-hydroxylation sites is 1. The Bertz CT molecular complexity index is 318. The van der Waals surface area contributed by atoms with Crippen LogP contribution in [0.5, 0.6) is 11.5 Å². The second-order valence-electron chi connectivity index (χ2n) is 2.41. The summed E-state index contributed by atoms with van der Waals surface area (Å²) < 4.78 is 10.00. The standard InChI is InChI=1S/C10H10O3/c1-7(11)8-5-4-6-9(12-2)10(8)13-3/h1,4-6H,2-3H3. The second kappa shape index (κ2) is 3.94. The summed E-state index contributed by atoms with van der Waals surface area (Å²) in [6.45, 7) is 5.14. The minimum absolute atomic E-state index is 0.321. The lowest BCUT2D eigenvalue weighted by Crippen LogP contribution is -1.99.